The quantitative estimate of drug-likeness (QED) is 0.440. The van der Waals surface area contributed by atoms with E-state index in [1.165, 1.54) is 0 Å². The number of aliphatic hydroxyl groups is 1. The summed E-state index contributed by atoms with van der Waals surface area (Å²) in [6.45, 7) is 2.10. The second-order valence-electron chi connectivity index (χ2n) is 5.67. The van der Waals surface area contributed by atoms with Crippen molar-refractivity contribution in [1.82, 2.24) is 5.43 Å². The molecule has 0 saturated heterocycles. The van der Waals surface area contributed by atoms with Crippen LogP contribution in [0.15, 0.2) is 65.8 Å². The summed E-state index contributed by atoms with van der Waals surface area (Å²) in [7, 11) is 0. The maximum Gasteiger partial charge on any atom is 0.240 e. The molecular formula is C20H24N2O2. The Hall–Kier alpha value is -2.46. The third-order valence-corrected chi connectivity index (χ3v) is 3.75. The summed E-state index contributed by atoms with van der Waals surface area (Å²) >= 11 is 0. The van der Waals surface area contributed by atoms with Gasteiger partial charge in [0.05, 0.1) is 0 Å². The van der Waals surface area contributed by atoms with Gasteiger partial charge in [0.1, 0.15) is 11.8 Å². The van der Waals surface area contributed by atoms with E-state index in [1.807, 2.05) is 60.7 Å². The molecule has 0 aliphatic carbocycles. The normalized spacial score (nSPS) is 12.7. The number of benzene rings is 2. The van der Waals surface area contributed by atoms with Gasteiger partial charge in [0, 0.05) is 12.0 Å². The van der Waals surface area contributed by atoms with E-state index >= 15 is 0 Å². The molecule has 126 valence electrons. The molecule has 2 N–H and O–H groups in total. The van der Waals surface area contributed by atoms with Crippen molar-refractivity contribution < 1.29 is 9.90 Å². The third kappa shape index (κ3) is 5.32. The number of hydrogen-bond donors (Lipinski definition) is 2. The topological polar surface area (TPSA) is 61.7 Å². The summed E-state index contributed by atoms with van der Waals surface area (Å²) in [4.78, 5) is 11.9. The molecule has 1 amide bonds. The molecule has 2 aromatic carbocycles. The summed E-state index contributed by atoms with van der Waals surface area (Å²) < 4.78 is 0. The zero-order valence-corrected chi connectivity index (χ0v) is 14.0. The first-order valence-electron chi connectivity index (χ1n) is 8.37. The fourth-order valence-corrected chi connectivity index (χ4v) is 2.40. The first-order chi connectivity index (χ1) is 11.7. The van der Waals surface area contributed by atoms with Crippen LogP contribution in [0.25, 0.3) is 0 Å². The summed E-state index contributed by atoms with van der Waals surface area (Å²) in [6.07, 6.45) is 2.48. The Bertz CT molecular complexity index is 654. The molecule has 0 aromatic heterocycles. The van der Waals surface area contributed by atoms with Crippen molar-refractivity contribution in [3.05, 3.63) is 71.8 Å². The Morgan fingerprint density at radius 1 is 1.04 bits per heavy atom. The van der Waals surface area contributed by atoms with Gasteiger partial charge in [-0.2, -0.15) is 5.10 Å². The summed E-state index contributed by atoms with van der Waals surface area (Å²) in [5, 5.41) is 14.9. The van der Waals surface area contributed by atoms with Crippen molar-refractivity contribution in [1.29, 1.82) is 0 Å². The van der Waals surface area contributed by atoms with Gasteiger partial charge in [0.2, 0.25) is 5.91 Å². The lowest BCUT2D eigenvalue weighted by Crippen LogP contribution is -2.23. The van der Waals surface area contributed by atoms with Crippen LogP contribution in [0, 0.1) is 0 Å². The average Bonchev–Trinajstić information content (AvgIpc) is 2.63. The highest BCUT2D eigenvalue weighted by Crippen LogP contribution is 2.19. The molecule has 0 unspecified atom stereocenters. The number of unbranched alkanes of at least 4 members (excludes halogenated alkanes) is 2. The van der Waals surface area contributed by atoms with Crippen LogP contribution in [0.3, 0.4) is 0 Å². The van der Waals surface area contributed by atoms with Crippen molar-refractivity contribution in [2.24, 2.45) is 5.10 Å². The zero-order valence-electron chi connectivity index (χ0n) is 14.0. The molecule has 0 aliphatic rings. The predicted octanol–water partition coefficient (Wildman–Crippen LogP) is 3.82. The lowest BCUT2D eigenvalue weighted by atomic mass is 9.99. The van der Waals surface area contributed by atoms with Gasteiger partial charge < -0.3 is 5.11 Å². The highest BCUT2D eigenvalue weighted by atomic mass is 16.3. The van der Waals surface area contributed by atoms with Crippen LogP contribution in [0.2, 0.25) is 0 Å². The monoisotopic (exact) mass is 324 g/mol. The first kappa shape index (κ1) is 17.9. The van der Waals surface area contributed by atoms with E-state index in [0.29, 0.717) is 12.1 Å². The fraction of sp³-hybridized carbons (Fsp3) is 0.300. The Kier molecular flexibility index (Phi) is 7.18. The number of nitrogens with zero attached hydrogens (tertiary/aromatic N) is 1. The number of nitrogens with one attached hydrogen (secondary N) is 1. The van der Waals surface area contributed by atoms with Gasteiger partial charge in [-0.3, -0.25) is 4.79 Å². The van der Waals surface area contributed by atoms with Crippen LogP contribution in [-0.4, -0.2) is 16.7 Å². The molecule has 2 rings (SSSR count). The van der Waals surface area contributed by atoms with Crippen molar-refractivity contribution in [3.63, 3.8) is 0 Å². The molecule has 2 aromatic rings. The Labute approximate surface area is 143 Å². The molecule has 0 fully saturated rings. The summed E-state index contributed by atoms with van der Waals surface area (Å²) in [5.74, 6) is -0.128. The molecule has 0 saturated carbocycles. The van der Waals surface area contributed by atoms with Gasteiger partial charge in [-0.1, -0.05) is 80.4 Å². The minimum absolute atomic E-state index is 0.128. The Morgan fingerprint density at radius 2 is 1.67 bits per heavy atom. The van der Waals surface area contributed by atoms with E-state index in [1.54, 1.807) is 0 Å². The van der Waals surface area contributed by atoms with Gasteiger partial charge in [-0.05, 0) is 12.0 Å². The standard InChI is InChI=1S/C20H24N2O2/c1-2-3-6-15-18(23)21-22-19(16-11-7-4-8-12-16)20(24)17-13-9-5-10-14-17/h4-5,7-14,20,24H,2-3,6,15H2,1H3,(H,21,23)/t20-/m0/s1. The van der Waals surface area contributed by atoms with Crippen LogP contribution < -0.4 is 5.43 Å². The van der Waals surface area contributed by atoms with Crippen molar-refractivity contribution in [2.75, 3.05) is 0 Å². The number of hydrazone groups is 1. The summed E-state index contributed by atoms with van der Waals surface area (Å²) in [6, 6.07) is 18.7. The Balaban J connectivity index is 2.17. The minimum atomic E-state index is -0.899. The number of carbonyl (C=O) groups is 1. The van der Waals surface area contributed by atoms with Gasteiger partial charge in [-0.25, -0.2) is 5.43 Å². The molecule has 4 nitrogen and oxygen atoms in total. The van der Waals surface area contributed by atoms with E-state index < -0.39 is 6.10 Å². The molecule has 0 spiro atoms. The van der Waals surface area contributed by atoms with Gasteiger partial charge in [0.15, 0.2) is 0 Å². The number of rotatable bonds is 8. The van der Waals surface area contributed by atoms with Crippen LogP contribution in [0.1, 0.15) is 49.8 Å². The molecule has 1 atom stereocenters. The maximum atomic E-state index is 11.9. The molecule has 0 heterocycles. The lowest BCUT2D eigenvalue weighted by Gasteiger charge is -2.15. The molecule has 0 radical (unpaired) electrons. The largest absolute Gasteiger partial charge is 0.382 e. The first-order valence-corrected chi connectivity index (χ1v) is 8.37. The molecule has 0 bridgehead atoms. The van der Waals surface area contributed by atoms with Crippen molar-refractivity contribution in [3.8, 4) is 0 Å². The molecule has 4 heteroatoms. The summed E-state index contributed by atoms with van der Waals surface area (Å²) in [5.41, 5.74) is 4.53. The fourth-order valence-electron chi connectivity index (χ4n) is 2.40. The van der Waals surface area contributed by atoms with E-state index in [2.05, 4.69) is 17.5 Å². The average molecular weight is 324 g/mol. The maximum absolute atomic E-state index is 11.9. The van der Waals surface area contributed by atoms with Crippen molar-refractivity contribution in [2.45, 2.75) is 38.7 Å². The van der Waals surface area contributed by atoms with E-state index in [0.717, 1.165) is 30.4 Å². The Morgan fingerprint density at radius 3 is 2.29 bits per heavy atom. The van der Waals surface area contributed by atoms with E-state index in [-0.39, 0.29) is 5.91 Å². The van der Waals surface area contributed by atoms with E-state index in [4.69, 9.17) is 0 Å². The molecular weight excluding hydrogens is 300 g/mol. The highest BCUT2D eigenvalue weighted by Gasteiger charge is 2.17. The molecule has 24 heavy (non-hydrogen) atoms. The number of carbonyl (C=O) groups excluding carboxylic acids is 1. The van der Waals surface area contributed by atoms with Crippen LogP contribution in [0.4, 0.5) is 0 Å². The minimum Gasteiger partial charge on any atom is -0.382 e. The number of amides is 1. The second kappa shape index (κ2) is 9.63. The van der Waals surface area contributed by atoms with Crippen molar-refractivity contribution >= 4 is 11.6 Å². The van der Waals surface area contributed by atoms with E-state index in [9.17, 15) is 9.90 Å². The number of hydrogen-bond acceptors (Lipinski definition) is 3. The lowest BCUT2D eigenvalue weighted by molar-refractivity contribution is -0.121. The number of aliphatic hydroxyl groups excluding tert-OH is 1. The predicted molar refractivity (Wildman–Crippen MR) is 96.7 cm³/mol. The molecule has 0 aliphatic heterocycles. The smallest absolute Gasteiger partial charge is 0.240 e. The van der Waals surface area contributed by atoms with Crippen LogP contribution in [0.5, 0.6) is 0 Å². The zero-order chi connectivity index (χ0) is 17.2. The third-order valence-electron chi connectivity index (χ3n) is 3.75. The highest BCUT2D eigenvalue weighted by molar-refractivity contribution is 6.04. The van der Waals surface area contributed by atoms with Crippen LogP contribution in [-0.2, 0) is 4.79 Å². The van der Waals surface area contributed by atoms with Gasteiger partial charge in [0.25, 0.3) is 0 Å². The SMILES string of the molecule is CCCCCC(=O)NN=C(c1ccccc1)[C@@H](O)c1ccccc1. The van der Waals surface area contributed by atoms with Gasteiger partial charge in [-0.15, -0.1) is 0 Å². The second-order valence-corrected chi connectivity index (χ2v) is 5.67. The van der Waals surface area contributed by atoms with Crippen LogP contribution >= 0.6 is 0 Å². The van der Waals surface area contributed by atoms with Gasteiger partial charge >= 0.3 is 0 Å².